The van der Waals surface area contributed by atoms with E-state index >= 15 is 0 Å². The summed E-state index contributed by atoms with van der Waals surface area (Å²) in [5.41, 5.74) is 1.95. The SMILES string of the molecule is C[Si](C)(C)[C]1CCCCCCC1. The Morgan fingerprint density at radius 1 is 0.750 bits per heavy atom. The second-order valence-corrected chi connectivity index (χ2v) is 10.3. The highest BCUT2D eigenvalue weighted by Crippen LogP contribution is 2.31. The van der Waals surface area contributed by atoms with E-state index in [2.05, 4.69) is 19.6 Å². The Hall–Kier alpha value is 0.217. The first-order valence-corrected chi connectivity index (χ1v) is 8.96. The highest BCUT2D eigenvalue weighted by molar-refractivity contribution is 6.81. The Morgan fingerprint density at radius 3 is 1.58 bits per heavy atom. The van der Waals surface area contributed by atoms with Gasteiger partial charge in [0.15, 0.2) is 0 Å². The number of hydrogen-bond donors (Lipinski definition) is 0. The van der Waals surface area contributed by atoms with Gasteiger partial charge in [-0.1, -0.05) is 51.7 Å². The van der Waals surface area contributed by atoms with E-state index in [0.29, 0.717) is 0 Å². The predicted molar refractivity (Wildman–Crippen MR) is 58.9 cm³/mol. The van der Waals surface area contributed by atoms with Crippen molar-refractivity contribution in [1.29, 1.82) is 0 Å². The fraction of sp³-hybridized carbons (Fsp3) is 0.909. The van der Waals surface area contributed by atoms with Gasteiger partial charge in [0, 0.05) is 0 Å². The zero-order valence-electron chi connectivity index (χ0n) is 8.95. The summed E-state index contributed by atoms with van der Waals surface area (Å²) in [6.07, 6.45) is 10.3. The molecule has 1 aliphatic carbocycles. The molecule has 1 aliphatic rings. The quantitative estimate of drug-likeness (QED) is 0.535. The number of rotatable bonds is 1. The molecule has 0 nitrogen and oxygen atoms in total. The Balaban J connectivity index is 2.40. The van der Waals surface area contributed by atoms with Gasteiger partial charge >= 0.3 is 0 Å². The highest BCUT2D eigenvalue weighted by atomic mass is 28.3. The van der Waals surface area contributed by atoms with Crippen LogP contribution in [0.15, 0.2) is 0 Å². The monoisotopic (exact) mass is 183 g/mol. The highest BCUT2D eigenvalue weighted by Gasteiger charge is 2.26. The molecule has 0 aromatic carbocycles. The van der Waals surface area contributed by atoms with Crippen molar-refractivity contribution >= 4 is 8.07 Å². The molecule has 0 amide bonds. The van der Waals surface area contributed by atoms with Gasteiger partial charge < -0.3 is 0 Å². The smallest absolute Gasteiger partial charge is 0.0508 e. The summed E-state index contributed by atoms with van der Waals surface area (Å²) in [4.78, 5) is 0. The van der Waals surface area contributed by atoms with E-state index in [1.54, 1.807) is 0 Å². The Bertz CT molecular complexity index is 115. The summed E-state index contributed by atoms with van der Waals surface area (Å²) in [7, 11) is -0.894. The maximum Gasteiger partial charge on any atom is 0.0508 e. The molecule has 1 saturated carbocycles. The van der Waals surface area contributed by atoms with E-state index in [-0.39, 0.29) is 0 Å². The lowest BCUT2D eigenvalue weighted by Crippen LogP contribution is -2.31. The molecule has 0 bridgehead atoms. The Kier molecular flexibility index (Phi) is 3.82. The first-order valence-electron chi connectivity index (χ1n) is 5.46. The summed E-state index contributed by atoms with van der Waals surface area (Å²) >= 11 is 0. The van der Waals surface area contributed by atoms with E-state index in [1.165, 1.54) is 44.9 Å². The lowest BCUT2D eigenvalue weighted by atomic mass is 10.0. The van der Waals surface area contributed by atoms with Crippen molar-refractivity contribution in [1.82, 2.24) is 0 Å². The summed E-state index contributed by atoms with van der Waals surface area (Å²) in [5, 5.41) is 0. The van der Waals surface area contributed by atoms with Crippen LogP contribution in [0.2, 0.25) is 19.6 Å². The molecule has 1 heteroatoms. The van der Waals surface area contributed by atoms with E-state index in [4.69, 9.17) is 0 Å². The summed E-state index contributed by atoms with van der Waals surface area (Å²) in [6.45, 7) is 7.51. The van der Waals surface area contributed by atoms with Crippen LogP contribution in [0.3, 0.4) is 0 Å². The molecular weight excluding hydrogens is 160 g/mol. The first-order chi connectivity index (χ1) is 5.61. The third-order valence-electron chi connectivity index (χ3n) is 3.02. The van der Waals surface area contributed by atoms with Gasteiger partial charge in [-0.05, 0) is 18.4 Å². The van der Waals surface area contributed by atoms with Gasteiger partial charge in [0.1, 0.15) is 0 Å². The van der Waals surface area contributed by atoms with Gasteiger partial charge in [-0.15, -0.1) is 0 Å². The van der Waals surface area contributed by atoms with Crippen LogP contribution in [-0.2, 0) is 0 Å². The lowest BCUT2D eigenvalue weighted by molar-refractivity contribution is 0.549. The van der Waals surface area contributed by atoms with Crippen LogP contribution in [0.4, 0.5) is 0 Å². The van der Waals surface area contributed by atoms with Crippen LogP contribution in [0.5, 0.6) is 0 Å². The zero-order chi connectivity index (χ0) is 9.03. The Morgan fingerprint density at radius 2 is 1.17 bits per heavy atom. The molecule has 1 fully saturated rings. The molecule has 0 unspecified atom stereocenters. The molecular formula is C11H23Si. The minimum Gasteiger partial charge on any atom is -0.0691 e. The standard InChI is InChI=1S/C11H23Si/c1-12(2,3)11-9-7-5-4-6-8-10-11/h4-10H2,1-3H3. The van der Waals surface area contributed by atoms with Gasteiger partial charge in [-0.2, -0.15) is 0 Å². The van der Waals surface area contributed by atoms with E-state index in [1.807, 2.05) is 5.54 Å². The van der Waals surface area contributed by atoms with Crippen molar-refractivity contribution in [3.63, 3.8) is 0 Å². The van der Waals surface area contributed by atoms with Gasteiger partial charge in [0.05, 0.1) is 8.07 Å². The molecule has 0 heterocycles. The first kappa shape index (κ1) is 10.3. The van der Waals surface area contributed by atoms with Crippen molar-refractivity contribution in [3.8, 4) is 0 Å². The minimum atomic E-state index is -0.894. The average molecular weight is 183 g/mol. The van der Waals surface area contributed by atoms with Crippen LogP contribution in [0, 0.1) is 5.54 Å². The van der Waals surface area contributed by atoms with Crippen LogP contribution < -0.4 is 0 Å². The minimum absolute atomic E-state index is 0.894. The molecule has 1 radical (unpaired) electrons. The van der Waals surface area contributed by atoms with Crippen molar-refractivity contribution < 1.29 is 0 Å². The fourth-order valence-corrected chi connectivity index (χ4v) is 3.94. The average Bonchev–Trinajstić information content (AvgIpc) is 1.81. The van der Waals surface area contributed by atoms with Crippen LogP contribution >= 0.6 is 0 Å². The molecule has 71 valence electrons. The lowest BCUT2D eigenvalue weighted by Gasteiger charge is -2.29. The maximum absolute atomic E-state index is 2.50. The summed E-state index contributed by atoms with van der Waals surface area (Å²) < 4.78 is 0. The third kappa shape index (κ3) is 3.30. The van der Waals surface area contributed by atoms with E-state index in [9.17, 15) is 0 Å². The number of hydrogen-bond acceptors (Lipinski definition) is 0. The molecule has 0 spiro atoms. The largest absolute Gasteiger partial charge is 0.0691 e. The second-order valence-electron chi connectivity index (χ2n) is 5.12. The third-order valence-corrected chi connectivity index (χ3v) is 5.64. The van der Waals surface area contributed by atoms with Crippen molar-refractivity contribution in [2.45, 2.75) is 64.6 Å². The van der Waals surface area contributed by atoms with Crippen molar-refractivity contribution in [2.24, 2.45) is 0 Å². The molecule has 0 saturated heterocycles. The molecule has 0 atom stereocenters. The van der Waals surface area contributed by atoms with Crippen molar-refractivity contribution in [2.75, 3.05) is 0 Å². The van der Waals surface area contributed by atoms with Crippen LogP contribution in [0.25, 0.3) is 0 Å². The molecule has 0 aromatic heterocycles. The van der Waals surface area contributed by atoms with Gasteiger partial charge in [0.25, 0.3) is 0 Å². The molecule has 0 aromatic rings. The molecule has 0 aliphatic heterocycles. The van der Waals surface area contributed by atoms with Crippen LogP contribution in [-0.4, -0.2) is 8.07 Å². The van der Waals surface area contributed by atoms with Crippen LogP contribution in [0.1, 0.15) is 44.9 Å². The molecule has 12 heavy (non-hydrogen) atoms. The van der Waals surface area contributed by atoms with Gasteiger partial charge in [0.2, 0.25) is 0 Å². The Labute approximate surface area is 78.8 Å². The molecule has 1 rings (SSSR count). The van der Waals surface area contributed by atoms with Gasteiger partial charge in [-0.25, -0.2) is 0 Å². The topological polar surface area (TPSA) is 0 Å². The summed E-state index contributed by atoms with van der Waals surface area (Å²) in [5.74, 6) is 0. The summed E-state index contributed by atoms with van der Waals surface area (Å²) in [6, 6.07) is 0. The van der Waals surface area contributed by atoms with E-state index in [0.717, 1.165) is 0 Å². The predicted octanol–water partition coefficient (Wildman–Crippen LogP) is 4.18. The van der Waals surface area contributed by atoms with Gasteiger partial charge in [-0.3, -0.25) is 0 Å². The van der Waals surface area contributed by atoms with E-state index < -0.39 is 8.07 Å². The van der Waals surface area contributed by atoms with Crippen molar-refractivity contribution in [3.05, 3.63) is 5.54 Å². The second kappa shape index (κ2) is 4.45. The zero-order valence-corrected chi connectivity index (χ0v) is 9.95. The maximum atomic E-state index is 2.50. The molecule has 0 N–H and O–H groups in total. The normalized spacial score (nSPS) is 23.2. The fourth-order valence-electron chi connectivity index (χ4n) is 2.08.